The van der Waals surface area contributed by atoms with Crippen molar-refractivity contribution in [2.24, 2.45) is 40.4 Å². The van der Waals surface area contributed by atoms with Gasteiger partial charge in [-0.05, 0) is 122 Å². The Hall–Kier alpha value is -1.88. The maximum Gasteiger partial charge on any atom is 0.303 e. The average Bonchev–Trinajstić information content (AvgIpc) is 3.17. The minimum absolute atomic E-state index is 0.0689. The molecule has 0 heterocycles. The van der Waals surface area contributed by atoms with E-state index < -0.39 is 5.97 Å². The third kappa shape index (κ3) is 5.22. The predicted octanol–water partition coefficient (Wildman–Crippen LogP) is 6.45. The van der Waals surface area contributed by atoms with Gasteiger partial charge in [0.05, 0.1) is 12.7 Å². The molecule has 204 valence electrons. The number of ether oxygens (including phenoxy) is 1. The zero-order valence-electron chi connectivity index (χ0n) is 22.8. The molecule has 0 aliphatic heterocycles. The molecule has 5 rings (SSSR count). The molecule has 0 amide bonds. The number of carboxylic acids is 1. The Labute approximate surface area is 222 Å². The first-order valence-corrected chi connectivity index (χ1v) is 14.8. The Balaban J connectivity index is 1.26. The van der Waals surface area contributed by atoms with E-state index in [2.05, 4.69) is 26.0 Å². The van der Waals surface area contributed by atoms with Crippen molar-refractivity contribution in [3.63, 3.8) is 0 Å². The first-order chi connectivity index (χ1) is 17.7. The van der Waals surface area contributed by atoms with Gasteiger partial charge in [-0.25, -0.2) is 0 Å². The second-order valence-electron chi connectivity index (χ2n) is 13.3. The van der Waals surface area contributed by atoms with Crippen molar-refractivity contribution in [3.05, 3.63) is 29.8 Å². The van der Waals surface area contributed by atoms with E-state index in [4.69, 9.17) is 9.84 Å². The summed E-state index contributed by atoms with van der Waals surface area (Å²) in [7, 11) is 0. The molecule has 1 aromatic rings. The van der Waals surface area contributed by atoms with Crippen molar-refractivity contribution < 1.29 is 24.5 Å². The molecule has 0 aromatic heterocycles. The lowest BCUT2D eigenvalue weighted by molar-refractivity contribution is -0.156. The second kappa shape index (κ2) is 10.7. The number of fused-ring (bicyclic) bond motifs is 5. The van der Waals surface area contributed by atoms with Crippen LogP contribution in [0.25, 0.3) is 0 Å². The van der Waals surface area contributed by atoms with E-state index in [1.807, 2.05) is 12.1 Å². The van der Waals surface area contributed by atoms with Gasteiger partial charge in [-0.3, -0.25) is 9.59 Å². The number of aliphatic carboxylic acids is 1. The van der Waals surface area contributed by atoms with Crippen LogP contribution in [0, 0.1) is 40.4 Å². The van der Waals surface area contributed by atoms with Crippen LogP contribution in [0.3, 0.4) is 0 Å². The number of aliphatic hydroxyl groups excluding tert-OH is 1. The Kier molecular flexibility index (Phi) is 7.73. The third-order valence-corrected chi connectivity index (χ3v) is 11.4. The largest absolute Gasteiger partial charge is 0.494 e. The highest BCUT2D eigenvalue weighted by Gasteiger charge is 2.62. The van der Waals surface area contributed by atoms with Crippen LogP contribution in [0.5, 0.6) is 5.75 Å². The van der Waals surface area contributed by atoms with Crippen LogP contribution in [-0.4, -0.2) is 34.7 Å². The lowest BCUT2D eigenvalue weighted by atomic mass is 9.42. The number of carbonyl (C=O) groups excluding carboxylic acids is 1. The van der Waals surface area contributed by atoms with Gasteiger partial charge in [0.15, 0.2) is 0 Å². The van der Waals surface area contributed by atoms with Crippen LogP contribution in [0.1, 0.15) is 96.5 Å². The molecule has 0 unspecified atom stereocenters. The molecule has 0 spiro atoms. The summed E-state index contributed by atoms with van der Waals surface area (Å²) in [6.07, 6.45) is 12.1. The molecule has 1 aromatic carbocycles. The normalized spacial score (nSPS) is 38.9. The predicted molar refractivity (Wildman–Crippen MR) is 143 cm³/mol. The highest BCUT2D eigenvalue weighted by Crippen LogP contribution is 2.67. The second-order valence-corrected chi connectivity index (χ2v) is 13.3. The van der Waals surface area contributed by atoms with Crippen molar-refractivity contribution >= 4 is 11.8 Å². The summed E-state index contributed by atoms with van der Waals surface area (Å²) in [6, 6.07) is 8.25. The maximum atomic E-state index is 12.5. The number of rotatable bonds is 9. The molecule has 0 radical (unpaired) electrons. The number of ketones is 1. The Morgan fingerprint density at radius 2 is 1.89 bits per heavy atom. The molecule has 37 heavy (non-hydrogen) atoms. The molecular weight excluding hydrogens is 464 g/mol. The van der Waals surface area contributed by atoms with E-state index >= 15 is 0 Å². The van der Waals surface area contributed by atoms with Crippen molar-refractivity contribution in [2.75, 3.05) is 6.61 Å². The molecule has 4 aliphatic rings. The molecule has 5 heteroatoms. The van der Waals surface area contributed by atoms with Crippen molar-refractivity contribution in [3.8, 4) is 5.75 Å². The van der Waals surface area contributed by atoms with Gasteiger partial charge < -0.3 is 14.9 Å². The molecule has 0 bridgehead atoms. The topological polar surface area (TPSA) is 83.8 Å². The van der Waals surface area contributed by atoms with Gasteiger partial charge in [-0.15, -0.1) is 0 Å². The Bertz CT molecular complexity index is 989. The third-order valence-electron chi connectivity index (χ3n) is 11.4. The number of benzene rings is 1. The van der Waals surface area contributed by atoms with Crippen LogP contribution in [0.15, 0.2) is 24.3 Å². The fraction of sp³-hybridized carbons (Fsp3) is 0.750. The average molecular weight is 511 g/mol. The van der Waals surface area contributed by atoms with Crippen LogP contribution < -0.4 is 4.74 Å². The van der Waals surface area contributed by atoms with Gasteiger partial charge >= 0.3 is 5.97 Å². The first-order valence-electron chi connectivity index (χ1n) is 14.8. The minimum atomic E-state index is -0.786. The van der Waals surface area contributed by atoms with Crippen LogP contribution in [-0.2, 0) is 16.0 Å². The number of Topliss-reactive ketones (excluding diaryl/α,β-unsaturated/α-hetero) is 1. The highest BCUT2D eigenvalue weighted by molar-refractivity contribution is 5.79. The van der Waals surface area contributed by atoms with Gasteiger partial charge in [0.2, 0.25) is 0 Å². The summed E-state index contributed by atoms with van der Waals surface area (Å²) in [5, 5.41) is 19.8. The van der Waals surface area contributed by atoms with Crippen molar-refractivity contribution in [2.45, 2.75) is 103 Å². The van der Waals surface area contributed by atoms with Gasteiger partial charge in [-0.2, -0.15) is 0 Å². The van der Waals surface area contributed by atoms with Crippen molar-refractivity contribution in [1.82, 2.24) is 0 Å². The molecule has 2 N–H and O–H groups in total. The number of hydrogen-bond donors (Lipinski definition) is 2. The lowest BCUT2D eigenvalue weighted by Gasteiger charge is -2.62. The minimum Gasteiger partial charge on any atom is -0.494 e. The Morgan fingerprint density at radius 3 is 2.70 bits per heavy atom. The zero-order chi connectivity index (χ0) is 26.2. The molecule has 4 aliphatic carbocycles. The first kappa shape index (κ1) is 26.7. The highest BCUT2D eigenvalue weighted by atomic mass is 16.5. The quantitative estimate of drug-likeness (QED) is 0.373. The van der Waals surface area contributed by atoms with E-state index in [0.717, 1.165) is 57.1 Å². The van der Waals surface area contributed by atoms with E-state index in [0.29, 0.717) is 48.4 Å². The van der Waals surface area contributed by atoms with E-state index in [9.17, 15) is 14.7 Å². The lowest BCUT2D eigenvalue weighted by Crippen LogP contribution is -2.57. The van der Waals surface area contributed by atoms with E-state index in [1.54, 1.807) is 0 Å². The Morgan fingerprint density at radius 1 is 1.08 bits per heavy atom. The fourth-order valence-corrected chi connectivity index (χ4v) is 9.26. The summed E-state index contributed by atoms with van der Waals surface area (Å²) in [5.41, 5.74) is 1.63. The van der Waals surface area contributed by atoms with Crippen LogP contribution in [0.4, 0.5) is 0 Å². The summed E-state index contributed by atoms with van der Waals surface area (Å²) in [4.78, 5) is 23.2. The maximum absolute atomic E-state index is 12.5. The number of carboxylic acid groups (broad SMARTS) is 1. The zero-order valence-corrected chi connectivity index (χ0v) is 22.8. The van der Waals surface area contributed by atoms with Gasteiger partial charge in [0, 0.05) is 19.3 Å². The molecule has 0 saturated heterocycles. The molecule has 4 saturated carbocycles. The summed E-state index contributed by atoms with van der Waals surface area (Å²) in [5.74, 6) is 3.65. The van der Waals surface area contributed by atoms with E-state index in [-0.39, 0.29) is 23.4 Å². The number of carbonyl (C=O) groups is 2. The standard InChI is InChI=1S/C32H46O5/c1-31-15-13-24(33)20-23(31)19-22(30-26-11-12-28(34)32(26,2)16-14-27(30)31)8-3-6-21-7-4-9-25(18-21)37-17-5-10-29(35)36/h4,7,9,18,22-23,26-28,30,34H,3,5-6,8,10-17,19-20H2,1-2H3,(H,35,36)/t22-,23+,26+,27+,28+,30+,31+,32+/m1/s1. The monoisotopic (exact) mass is 510 g/mol. The van der Waals surface area contributed by atoms with Crippen molar-refractivity contribution in [1.29, 1.82) is 0 Å². The molecule has 5 nitrogen and oxygen atoms in total. The molecule has 8 atom stereocenters. The SMILES string of the molecule is C[C@]12CCC(=O)C[C@@H]1C[C@@H](CCCc1cccc(OCCCC(=O)O)c1)[C@@H]1[C@@H]2CC[C@]2(C)[C@@H](O)CC[C@@H]12. The summed E-state index contributed by atoms with van der Waals surface area (Å²) in [6.45, 7) is 5.29. The number of aryl methyl sites for hydroxylation is 1. The van der Waals surface area contributed by atoms with Gasteiger partial charge in [0.1, 0.15) is 11.5 Å². The number of aliphatic hydroxyl groups is 1. The number of hydrogen-bond acceptors (Lipinski definition) is 4. The van der Waals surface area contributed by atoms with Gasteiger partial charge in [-0.1, -0.05) is 26.0 Å². The summed E-state index contributed by atoms with van der Waals surface area (Å²) >= 11 is 0. The summed E-state index contributed by atoms with van der Waals surface area (Å²) < 4.78 is 5.79. The fourth-order valence-electron chi connectivity index (χ4n) is 9.26. The van der Waals surface area contributed by atoms with Crippen LogP contribution >= 0.6 is 0 Å². The van der Waals surface area contributed by atoms with Gasteiger partial charge in [0.25, 0.3) is 0 Å². The van der Waals surface area contributed by atoms with E-state index in [1.165, 1.54) is 24.8 Å². The smallest absolute Gasteiger partial charge is 0.303 e. The molecular formula is C32H46O5. The molecule has 4 fully saturated rings. The van der Waals surface area contributed by atoms with Crippen LogP contribution in [0.2, 0.25) is 0 Å².